The zero-order valence-electron chi connectivity index (χ0n) is 8.99. The molecule has 0 atom stereocenters. The molecule has 0 N–H and O–H groups in total. The molecule has 1 rings (SSSR count). The highest BCUT2D eigenvalue weighted by molar-refractivity contribution is 7.98. The molecule has 16 heavy (non-hydrogen) atoms. The number of aromatic nitrogens is 2. The average molecular weight is 245 g/mol. The van der Waals surface area contributed by atoms with Crippen molar-refractivity contribution in [3.05, 3.63) is 17.5 Å². The Morgan fingerprint density at radius 1 is 1.62 bits per heavy atom. The smallest absolute Gasteiger partial charge is 0.275 e. The van der Waals surface area contributed by atoms with E-state index in [1.165, 1.54) is 4.68 Å². The highest BCUT2D eigenvalue weighted by atomic mass is 32.2. The van der Waals surface area contributed by atoms with Crippen molar-refractivity contribution in [2.45, 2.75) is 25.0 Å². The van der Waals surface area contributed by atoms with Gasteiger partial charge >= 0.3 is 0 Å². The molecule has 0 saturated heterocycles. The summed E-state index contributed by atoms with van der Waals surface area (Å²) in [7, 11) is 1.63. The van der Waals surface area contributed by atoms with Gasteiger partial charge in [-0.05, 0) is 12.2 Å². The number of unbranched alkanes of at least 4 members (excludes halogenated alkanes) is 1. The van der Waals surface area contributed by atoms with Crippen LogP contribution in [0.3, 0.4) is 0 Å². The molecule has 1 aromatic heterocycles. The highest BCUT2D eigenvalue weighted by Crippen LogP contribution is 2.24. The predicted octanol–water partition coefficient (Wildman–Crippen LogP) is 2.89. The first-order valence-electron chi connectivity index (χ1n) is 4.90. The molecule has 3 nitrogen and oxygen atoms in total. The van der Waals surface area contributed by atoms with Gasteiger partial charge in [0, 0.05) is 31.0 Å². The maximum Gasteiger partial charge on any atom is 0.282 e. The van der Waals surface area contributed by atoms with Gasteiger partial charge in [-0.2, -0.15) is 22.1 Å². The second-order valence-electron chi connectivity index (χ2n) is 3.33. The summed E-state index contributed by atoms with van der Waals surface area (Å²) in [6.45, 7) is 0. The van der Waals surface area contributed by atoms with Gasteiger partial charge in [-0.3, -0.25) is 4.68 Å². The number of hydrogen-bond donors (Lipinski definition) is 0. The minimum absolute atomic E-state index is 0.129. The Balaban J connectivity index is 2.44. The molecule has 0 spiro atoms. The van der Waals surface area contributed by atoms with Crippen LogP contribution in [0.25, 0.3) is 0 Å². The monoisotopic (exact) mass is 245 g/mol. The summed E-state index contributed by atoms with van der Waals surface area (Å²) in [5.74, 6) is 1.34. The highest BCUT2D eigenvalue weighted by Gasteiger charge is 2.16. The lowest BCUT2D eigenvalue weighted by Gasteiger charge is -2.00. The van der Waals surface area contributed by atoms with Crippen molar-refractivity contribution in [2.75, 3.05) is 5.75 Å². The van der Waals surface area contributed by atoms with Gasteiger partial charge in [0.05, 0.1) is 6.07 Å². The van der Waals surface area contributed by atoms with E-state index < -0.39 is 6.43 Å². The van der Waals surface area contributed by atoms with E-state index in [2.05, 4.69) is 11.2 Å². The summed E-state index contributed by atoms with van der Waals surface area (Å²) in [5, 5.41) is 12.1. The van der Waals surface area contributed by atoms with Crippen molar-refractivity contribution in [1.29, 1.82) is 5.26 Å². The summed E-state index contributed by atoms with van der Waals surface area (Å²) < 4.78 is 26.5. The van der Waals surface area contributed by atoms with Crippen LogP contribution in [0.4, 0.5) is 8.78 Å². The number of alkyl halides is 2. The number of aryl methyl sites for hydroxylation is 1. The Morgan fingerprint density at radius 2 is 2.38 bits per heavy atom. The summed E-state index contributed by atoms with van der Waals surface area (Å²) in [6, 6.07) is 2.05. The van der Waals surface area contributed by atoms with Crippen LogP contribution >= 0.6 is 11.8 Å². The van der Waals surface area contributed by atoms with E-state index in [1.54, 1.807) is 25.0 Å². The fourth-order valence-corrected chi connectivity index (χ4v) is 2.22. The third-order valence-corrected chi connectivity index (χ3v) is 3.07. The van der Waals surface area contributed by atoms with E-state index >= 15 is 0 Å². The van der Waals surface area contributed by atoms with Crippen LogP contribution in [0, 0.1) is 11.3 Å². The van der Waals surface area contributed by atoms with E-state index in [-0.39, 0.29) is 5.69 Å². The molecule has 88 valence electrons. The average Bonchev–Trinajstić information content (AvgIpc) is 2.59. The minimum Gasteiger partial charge on any atom is -0.275 e. The minimum atomic E-state index is -2.52. The van der Waals surface area contributed by atoms with E-state index in [9.17, 15) is 8.78 Å². The number of halogens is 2. The Hall–Kier alpha value is -1.09. The molecule has 1 heterocycles. The summed E-state index contributed by atoms with van der Waals surface area (Å²) in [5.41, 5.74) is 0.453. The molecular formula is C10H13F2N3S. The molecular weight excluding hydrogens is 232 g/mol. The van der Waals surface area contributed by atoms with Crippen LogP contribution in [0.2, 0.25) is 0 Å². The van der Waals surface area contributed by atoms with Crippen LogP contribution in [-0.4, -0.2) is 15.5 Å². The molecule has 0 radical (unpaired) electrons. The Morgan fingerprint density at radius 3 is 3.00 bits per heavy atom. The van der Waals surface area contributed by atoms with Gasteiger partial charge in [0.25, 0.3) is 6.43 Å². The van der Waals surface area contributed by atoms with Gasteiger partial charge < -0.3 is 0 Å². The molecule has 6 heteroatoms. The van der Waals surface area contributed by atoms with Crippen LogP contribution in [0.5, 0.6) is 0 Å². The normalized spacial score (nSPS) is 10.7. The standard InChI is InChI=1S/C10H13F2N3S/c1-15-6-8(9(14-15)10(11)12)7-16-5-3-2-4-13/h6,10H,2-3,5,7H2,1H3. The van der Waals surface area contributed by atoms with E-state index in [0.29, 0.717) is 17.7 Å². The van der Waals surface area contributed by atoms with E-state index in [4.69, 9.17) is 5.26 Å². The first kappa shape index (κ1) is 13.0. The second-order valence-corrected chi connectivity index (χ2v) is 4.43. The van der Waals surface area contributed by atoms with Gasteiger partial charge in [0.2, 0.25) is 0 Å². The zero-order chi connectivity index (χ0) is 12.0. The number of thioether (sulfide) groups is 1. The van der Waals surface area contributed by atoms with Crippen LogP contribution < -0.4 is 0 Å². The maximum atomic E-state index is 12.5. The fourth-order valence-electron chi connectivity index (χ4n) is 1.29. The molecule has 0 saturated carbocycles. The van der Waals surface area contributed by atoms with Gasteiger partial charge in [0.1, 0.15) is 5.69 Å². The summed E-state index contributed by atoms with van der Waals surface area (Å²) in [4.78, 5) is 0. The lowest BCUT2D eigenvalue weighted by molar-refractivity contribution is 0.144. The fraction of sp³-hybridized carbons (Fsp3) is 0.600. The molecule has 0 amide bonds. The van der Waals surface area contributed by atoms with Crippen molar-refractivity contribution < 1.29 is 8.78 Å². The molecule has 0 aliphatic carbocycles. The number of rotatable bonds is 6. The topological polar surface area (TPSA) is 41.6 Å². The Bertz CT molecular complexity index is 371. The first-order chi connectivity index (χ1) is 7.65. The molecule has 0 aliphatic rings. The number of nitriles is 1. The molecule has 1 aromatic rings. The van der Waals surface area contributed by atoms with E-state index in [0.717, 1.165) is 12.2 Å². The van der Waals surface area contributed by atoms with Crippen molar-refractivity contribution in [2.24, 2.45) is 7.05 Å². The summed E-state index contributed by atoms with van der Waals surface area (Å²) >= 11 is 1.55. The van der Waals surface area contributed by atoms with Gasteiger partial charge in [-0.1, -0.05) is 0 Å². The van der Waals surface area contributed by atoms with Gasteiger partial charge in [-0.15, -0.1) is 0 Å². The first-order valence-corrected chi connectivity index (χ1v) is 6.06. The van der Waals surface area contributed by atoms with Crippen LogP contribution in [0.15, 0.2) is 6.20 Å². The van der Waals surface area contributed by atoms with Crippen molar-refractivity contribution in [1.82, 2.24) is 9.78 Å². The molecule has 0 fully saturated rings. The number of hydrogen-bond acceptors (Lipinski definition) is 3. The second kappa shape index (κ2) is 6.48. The van der Waals surface area contributed by atoms with Crippen molar-refractivity contribution in [3.63, 3.8) is 0 Å². The Labute approximate surface area is 97.4 Å². The predicted molar refractivity (Wildman–Crippen MR) is 59.2 cm³/mol. The lowest BCUT2D eigenvalue weighted by Crippen LogP contribution is -1.92. The summed E-state index contributed by atoms with van der Waals surface area (Å²) in [6.07, 6.45) is 0.419. The third-order valence-electron chi connectivity index (χ3n) is 1.98. The quantitative estimate of drug-likeness (QED) is 0.724. The lowest BCUT2D eigenvalue weighted by atomic mass is 10.3. The van der Waals surface area contributed by atoms with Crippen LogP contribution in [0.1, 0.15) is 30.5 Å². The largest absolute Gasteiger partial charge is 0.282 e. The van der Waals surface area contributed by atoms with Crippen LogP contribution in [-0.2, 0) is 12.8 Å². The molecule has 0 aliphatic heterocycles. The number of nitrogens with zero attached hydrogens (tertiary/aromatic N) is 3. The Kier molecular flexibility index (Phi) is 5.26. The molecule has 0 aromatic carbocycles. The SMILES string of the molecule is Cn1cc(CSCCCC#N)c(C(F)F)n1. The van der Waals surface area contributed by atoms with Crippen molar-refractivity contribution >= 4 is 11.8 Å². The van der Waals surface area contributed by atoms with Crippen molar-refractivity contribution in [3.8, 4) is 6.07 Å². The van der Waals surface area contributed by atoms with E-state index in [1.807, 2.05) is 0 Å². The maximum absolute atomic E-state index is 12.5. The van der Waals surface area contributed by atoms with Gasteiger partial charge in [-0.25, -0.2) is 8.78 Å². The van der Waals surface area contributed by atoms with Gasteiger partial charge in [0.15, 0.2) is 0 Å². The third kappa shape index (κ3) is 3.81. The molecule has 0 bridgehead atoms. The molecule has 0 unspecified atom stereocenters. The zero-order valence-corrected chi connectivity index (χ0v) is 9.81.